The molecule has 0 saturated heterocycles. The van der Waals surface area contributed by atoms with Crippen LogP contribution in [0.3, 0.4) is 0 Å². The summed E-state index contributed by atoms with van der Waals surface area (Å²) in [6.45, 7) is 0.00157. The second-order valence-corrected chi connectivity index (χ2v) is 12.0. The lowest BCUT2D eigenvalue weighted by Crippen LogP contribution is -2.61. The van der Waals surface area contributed by atoms with Crippen molar-refractivity contribution in [3.05, 3.63) is 164 Å². The summed E-state index contributed by atoms with van der Waals surface area (Å²) in [7, 11) is 0. The summed E-state index contributed by atoms with van der Waals surface area (Å²) in [6.07, 6.45) is 3.73. The second-order valence-electron chi connectivity index (χ2n) is 12.0. The fraction of sp³-hybridized carbons (Fsp3) is 0. The minimum Gasteiger partial charge on any atom is -0.451 e. The molecule has 0 fully saturated rings. The molecular formula is C41H27BN4O. The van der Waals surface area contributed by atoms with E-state index in [0.717, 1.165) is 57.0 Å². The van der Waals surface area contributed by atoms with Crippen LogP contribution in [0.1, 0.15) is 0 Å². The van der Waals surface area contributed by atoms with E-state index in [2.05, 4.69) is 165 Å². The Hall–Kier alpha value is -6.27. The first-order valence-electron chi connectivity index (χ1n) is 15.9. The minimum absolute atomic E-state index is 0.00157. The first-order chi connectivity index (χ1) is 23.4. The average molecular weight is 603 g/mol. The Labute approximate surface area is 273 Å². The van der Waals surface area contributed by atoms with Crippen molar-refractivity contribution in [2.24, 2.45) is 0 Å². The molecule has 1 aromatic heterocycles. The zero-order valence-electron chi connectivity index (χ0n) is 25.4. The van der Waals surface area contributed by atoms with Crippen LogP contribution in [0.15, 0.2) is 164 Å². The smallest absolute Gasteiger partial charge is 0.252 e. The monoisotopic (exact) mass is 602 g/mol. The number of para-hydroxylation sites is 6. The van der Waals surface area contributed by atoms with Gasteiger partial charge in [0.15, 0.2) is 11.5 Å². The van der Waals surface area contributed by atoms with Crippen LogP contribution in [0.5, 0.6) is 11.5 Å². The molecule has 47 heavy (non-hydrogen) atoms. The van der Waals surface area contributed by atoms with Crippen molar-refractivity contribution in [3.8, 4) is 11.5 Å². The van der Waals surface area contributed by atoms with E-state index in [1.54, 1.807) is 0 Å². The topological polar surface area (TPSA) is 31.8 Å². The van der Waals surface area contributed by atoms with Crippen molar-refractivity contribution in [3.63, 3.8) is 0 Å². The molecule has 3 aliphatic heterocycles. The highest BCUT2D eigenvalue weighted by Gasteiger charge is 2.46. The van der Waals surface area contributed by atoms with Crippen molar-refractivity contribution in [1.29, 1.82) is 0 Å². The number of aromatic nitrogens is 1. The molecule has 10 rings (SSSR count). The predicted octanol–water partition coefficient (Wildman–Crippen LogP) is 8.74. The first kappa shape index (κ1) is 26.0. The van der Waals surface area contributed by atoms with Gasteiger partial charge in [-0.15, -0.1) is 0 Å². The summed E-state index contributed by atoms with van der Waals surface area (Å²) in [5.74, 6) is 1.65. The maximum atomic E-state index is 7.08. The molecule has 0 atom stereocenters. The summed E-state index contributed by atoms with van der Waals surface area (Å²) >= 11 is 0. The van der Waals surface area contributed by atoms with Crippen LogP contribution in [0.2, 0.25) is 0 Å². The Morgan fingerprint density at radius 2 is 0.957 bits per heavy atom. The van der Waals surface area contributed by atoms with Crippen molar-refractivity contribution in [1.82, 2.24) is 4.98 Å². The number of pyridine rings is 1. The number of fused-ring (bicyclic) bond motifs is 7. The van der Waals surface area contributed by atoms with Crippen molar-refractivity contribution in [2.75, 3.05) is 14.7 Å². The van der Waals surface area contributed by atoms with Crippen molar-refractivity contribution >= 4 is 74.3 Å². The predicted molar refractivity (Wildman–Crippen MR) is 193 cm³/mol. The molecule has 7 aromatic rings. The lowest BCUT2D eigenvalue weighted by Gasteiger charge is -2.46. The molecule has 220 valence electrons. The van der Waals surface area contributed by atoms with E-state index in [1.807, 2.05) is 18.5 Å². The van der Waals surface area contributed by atoms with Gasteiger partial charge in [0.05, 0.1) is 17.1 Å². The SMILES string of the molecule is c1ccc(N2c3ccccc3Oc3c2cc2c4c3N(c3ccncc3)c3ccccc3B4c3ccccc3N2c2ccccc2)cc1. The molecule has 6 aromatic carbocycles. The Bertz CT molecular complexity index is 2300. The Morgan fingerprint density at radius 3 is 1.62 bits per heavy atom. The highest BCUT2D eigenvalue weighted by molar-refractivity contribution is 7.00. The third kappa shape index (κ3) is 3.76. The maximum Gasteiger partial charge on any atom is 0.252 e. The highest BCUT2D eigenvalue weighted by atomic mass is 16.5. The largest absolute Gasteiger partial charge is 0.451 e. The van der Waals surface area contributed by atoms with Gasteiger partial charge in [-0.25, -0.2) is 0 Å². The summed E-state index contributed by atoms with van der Waals surface area (Å²) < 4.78 is 7.08. The fourth-order valence-corrected chi connectivity index (χ4v) is 7.64. The summed E-state index contributed by atoms with van der Waals surface area (Å²) in [5, 5.41) is 0. The van der Waals surface area contributed by atoms with Crippen LogP contribution < -0.4 is 35.8 Å². The van der Waals surface area contributed by atoms with E-state index in [0.29, 0.717) is 0 Å². The van der Waals surface area contributed by atoms with Gasteiger partial charge in [0.1, 0.15) is 0 Å². The van der Waals surface area contributed by atoms with Gasteiger partial charge >= 0.3 is 0 Å². The average Bonchev–Trinajstić information content (AvgIpc) is 3.15. The lowest BCUT2D eigenvalue weighted by atomic mass is 9.33. The summed E-state index contributed by atoms with van der Waals surface area (Å²) in [6, 6.07) is 53.8. The van der Waals surface area contributed by atoms with E-state index in [9.17, 15) is 0 Å². The Balaban J connectivity index is 1.38. The molecule has 4 heterocycles. The zero-order valence-corrected chi connectivity index (χ0v) is 25.4. The molecule has 0 N–H and O–H groups in total. The third-order valence-electron chi connectivity index (χ3n) is 9.49. The van der Waals surface area contributed by atoms with Gasteiger partial charge in [0.25, 0.3) is 6.71 Å². The highest BCUT2D eigenvalue weighted by Crippen LogP contribution is 2.58. The zero-order chi connectivity index (χ0) is 30.9. The number of hydrogen-bond acceptors (Lipinski definition) is 5. The van der Waals surface area contributed by atoms with Gasteiger partial charge in [-0.3, -0.25) is 4.98 Å². The van der Waals surface area contributed by atoms with E-state index < -0.39 is 0 Å². The molecule has 6 heteroatoms. The van der Waals surface area contributed by atoms with Gasteiger partial charge in [-0.1, -0.05) is 84.9 Å². The summed E-state index contributed by atoms with van der Waals surface area (Å²) in [5.41, 5.74) is 13.4. The molecule has 0 unspecified atom stereocenters. The van der Waals surface area contributed by atoms with E-state index in [-0.39, 0.29) is 6.71 Å². The van der Waals surface area contributed by atoms with Crippen LogP contribution in [0.25, 0.3) is 0 Å². The number of ether oxygens (including phenoxy) is 1. The number of rotatable bonds is 3. The quantitative estimate of drug-likeness (QED) is 0.189. The third-order valence-corrected chi connectivity index (χ3v) is 9.49. The number of nitrogens with zero attached hydrogens (tertiary/aromatic N) is 4. The summed E-state index contributed by atoms with van der Waals surface area (Å²) in [4.78, 5) is 11.5. The molecule has 0 aliphatic carbocycles. The van der Waals surface area contributed by atoms with Crippen LogP contribution in [0, 0.1) is 0 Å². The van der Waals surface area contributed by atoms with Crippen LogP contribution in [-0.2, 0) is 0 Å². The molecule has 5 nitrogen and oxygen atoms in total. The Kier molecular flexibility index (Phi) is 5.60. The molecular weight excluding hydrogens is 575 g/mol. The normalized spacial score (nSPS) is 13.5. The van der Waals surface area contributed by atoms with Gasteiger partial charge in [-0.2, -0.15) is 0 Å². The molecule has 0 amide bonds. The van der Waals surface area contributed by atoms with E-state index in [1.165, 1.54) is 22.1 Å². The molecule has 0 spiro atoms. The van der Waals surface area contributed by atoms with Crippen molar-refractivity contribution in [2.45, 2.75) is 0 Å². The standard InChI is InChI=1S/C41H27BN4O/c1-3-13-28(14-4-1)44-33-19-9-7-17-31(33)42-32-18-8-10-20-34(32)46(30-23-25-43-26-24-30)40-39(42)36(44)27-37-41(40)47-38-22-12-11-21-35(38)45(37)29-15-5-2-6-16-29/h1-27H. The van der Waals surface area contributed by atoms with Gasteiger partial charge in [-0.05, 0) is 83.1 Å². The maximum absolute atomic E-state index is 7.08. The second kappa shape index (κ2) is 10.1. The van der Waals surface area contributed by atoms with E-state index in [4.69, 9.17) is 4.74 Å². The van der Waals surface area contributed by atoms with Crippen molar-refractivity contribution < 1.29 is 4.74 Å². The molecule has 0 bridgehead atoms. The van der Waals surface area contributed by atoms with Gasteiger partial charge in [0, 0.05) is 46.5 Å². The lowest BCUT2D eigenvalue weighted by molar-refractivity contribution is 0.478. The van der Waals surface area contributed by atoms with E-state index >= 15 is 0 Å². The molecule has 0 radical (unpaired) electrons. The van der Waals surface area contributed by atoms with Gasteiger partial charge < -0.3 is 19.4 Å². The minimum atomic E-state index is 0.00157. The van der Waals surface area contributed by atoms with Crippen LogP contribution in [0.4, 0.5) is 51.2 Å². The number of benzene rings is 6. The van der Waals surface area contributed by atoms with Crippen LogP contribution in [-0.4, -0.2) is 11.7 Å². The fourth-order valence-electron chi connectivity index (χ4n) is 7.64. The Morgan fingerprint density at radius 1 is 0.447 bits per heavy atom. The first-order valence-corrected chi connectivity index (χ1v) is 15.9. The number of anilines is 9. The molecule has 0 saturated carbocycles. The van der Waals surface area contributed by atoms with Gasteiger partial charge in [0.2, 0.25) is 0 Å². The number of hydrogen-bond donors (Lipinski definition) is 0. The van der Waals surface area contributed by atoms with Crippen LogP contribution >= 0.6 is 0 Å². The molecule has 3 aliphatic rings.